The minimum absolute atomic E-state index is 0.859. The van der Waals surface area contributed by atoms with Crippen molar-refractivity contribution >= 4 is 54.9 Å². The molecule has 0 amide bonds. The van der Waals surface area contributed by atoms with Crippen molar-refractivity contribution in [1.82, 2.24) is 9.55 Å². The Morgan fingerprint density at radius 1 is 0.512 bits per heavy atom. The van der Waals surface area contributed by atoms with Gasteiger partial charge in [0.1, 0.15) is 28.2 Å². The van der Waals surface area contributed by atoms with Crippen LogP contribution in [0.15, 0.2) is 136 Å². The highest BCUT2D eigenvalue weighted by atomic mass is 16.3. The van der Waals surface area contributed by atoms with Gasteiger partial charge in [-0.25, -0.2) is 4.98 Å². The second-order valence-electron chi connectivity index (χ2n) is 11.1. The van der Waals surface area contributed by atoms with Crippen LogP contribution in [0.25, 0.3) is 82.9 Å². The molecule has 204 valence electrons. The molecule has 0 bridgehead atoms. The maximum atomic E-state index is 6.28. The zero-order valence-electron chi connectivity index (χ0n) is 23.5. The van der Waals surface area contributed by atoms with E-state index >= 15 is 0 Å². The van der Waals surface area contributed by atoms with E-state index in [0.717, 1.165) is 95.1 Å². The fourth-order valence-corrected chi connectivity index (χ4v) is 6.47. The maximum absolute atomic E-state index is 6.28. The number of rotatable bonds is 4. The van der Waals surface area contributed by atoms with E-state index in [1.165, 1.54) is 0 Å². The van der Waals surface area contributed by atoms with E-state index in [4.69, 9.17) is 13.8 Å². The van der Waals surface area contributed by atoms with Crippen molar-refractivity contribution in [2.24, 2.45) is 0 Å². The van der Waals surface area contributed by atoms with Crippen molar-refractivity contribution in [1.29, 1.82) is 0 Å². The second kappa shape index (κ2) is 9.20. The largest absolute Gasteiger partial charge is 0.456 e. The number of furan rings is 2. The van der Waals surface area contributed by atoms with Crippen LogP contribution in [0, 0.1) is 0 Å². The van der Waals surface area contributed by atoms with Gasteiger partial charge >= 0.3 is 0 Å². The van der Waals surface area contributed by atoms with Gasteiger partial charge in [-0.05, 0) is 89.0 Å². The number of aryl methyl sites for hydroxylation is 1. The zero-order valence-corrected chi connectivity index (χ0v) is 23.5. The van der Waals surface area contributed by atoms with Crippen molar-refractivity contribution in [3.8, 4) is 27.9 Å². The van der Waals surface area contributed by atoms with Gasteiger partial charge in [-0.2, -0.15) is 0 Å². The molecule has 4 nitrogen and oxygen atoms in total. The average molecular weight is 555 g/mol. The molecular weight excluding hydrogens is 528 g/mol. The van der Waals surface area contributed by atoms with E-state index < -0.39 is 0 Å². The maximum Gasteiger partial charge on any atom is 0.135 e. The number of hydrogen-bond donors (Lipinski definition) is 0. The standard InChI is InChI=1S/C39H26N2O2/c1-2-39-40-33-11-4-5-12-34(33)41(39)28-9-7-8-24(20-28)25-14-18-37-31(22-25)32-23-27(16-19-38(32)43-37)26-15-17-36-30(21-26)29-10-3-6-13-35(29)42-36/h3-23H,2H2,1H3. The van der Waals surface area contributed by atoms with Gasteiger partial charge < -0.3 is 8.83 Å². The van der Waals surface area contributed by atoms with Crippen LogP contribution in [0.4, 0.5) is 0 Å². The molecule has 43 heavy (non-hydrogen) atoms. The lowest BCUT2D eigenvalue weighted by molar-refractivity contribution is 0.668. The Morgan fingerprint density at radius 3 is 1.74 bits per heavy atom. The predicted molar refractivity (Wildman–Crippen MR) is 176 cm³/mol. The molecule has 0 saturated carbocycles. The first-order valence-corrected chi connectivity index (χ1v) is 14.7. The molecule has 0 aliphatic rings. The molecule has 6 aromatic carbocycles. The third-order valence-corrected chi connectivity index (χ3v) is 8.56. The van der Waals surface area contributed by atoms with Crippen molar-refractivity contribution in [2.75, 3.05) is 0 Å². The molecule has 3 aromatic heterocycles. The normalized spacial score (nSPS) is 11.9. The molecule has 4 heteroatoms. The summed E-state index contributed by atoms with van der Waals surface area (Å²) in [6.45, 7) is 2.16. The molecule has 0 N–H and O–H groups in total. The fourth-order valence-electron chi connectivity index (χ4n) is 6.47. The van der Waals surface area contributed by atoms with Gasteiger partial charge in [0.25, 0.3) is 0 Å². The lowest BCUT2D eigenvalue weighted by Crippen LogP contribution is -2.00. The zero-order chi connectivity index (χ0) is 28.5. The van der Waals surface area contributed by atoms with Gasteiger partial charge in [0.15, 0.2) is 0 Å². The number of nitrogens with zero attached hydrogens (tertiary/aromatic N) is 2. The van der Waals surface area contributed by atoms with Crippen LogP contribution in [0.5, 0.6) is 0 Å². The smallest absolute Gasteiger partial charge is 0.135 e. The van der Waals surface area contributed by atoms with Crippen LogP contribution in [0.1, 0.15) is 12.7 Å². The van der Waals surface area contributed by atoms with E-state index in [1.807, 2.05) is 18.2 Å². The molecule has 0 unspecified atom stereocenters. The third-order valence-electron chi connectivity index (χ3n) is 8.56. The molecule has 9 rings (SSSR count). The van der Waals surface area contributed by atoms with E-state index in [9.17, 15) is 0 Å². The summed E-state index contributed by atoms with van der Waals surface area (Å²) in [5, 5.41) is 4.48. The van der Waals surface area contributed by atoms with Gasteiger partial charge in [-0.3, -0.25) is 4.57 Å². The predicted octanol–water partition coefficient (Wildman–Crippen LogP) is 10.7. The molecule has 0 atom stereocenters. The Hall–Kier alpha value is -5.61. The Kier molecular flexibility index (Phi) is 5.14. The Labute approximate surface area is 247 Å². The number of fused-ring (bicyclic) bond motifs is 7. The lowest BCUT2D eigenvalue weighted by Gasteiger charge is -2.11. The highest BCUT2D eigenvalue weighted by Crippen LogP contribution is 2.37. The van der Waals surface area contributed by atoms with Crippen LogP contribution in [-0.2, 0) is 6.42 Å². The molecule has 9 aromatic rings. The Bertz CT molecular complexity index is 2510. The van der Waals surface area contributed by atoms with Crippen LogP contribution >= 0.6 is 0 Å². The first kappa shape index (κ1) is 24.0. The number of benzene rings is 6. The molecule has 3 heterocycles. The number of imidazole rings is 1. The van der Waals surface area contributed by atoms with Crippen molar-refractivity contribution < 1.29 is 8.83 Å². The molecule has 0 fully saturated rings. The molecule has 0 saturated heterocycles. The third kappa shape index (κ3) is 3.73. The minimum Gasteiger partial charge on any atom is -0.456 e. The molecule has 0 aliphatic carbocycles. The van der Waals surface area contributed by atoms with E-state index in [2.05, 4.69) is 121 Å². The summed E-state index contributed by atoms with van der Waals surface area (Å²) in [4.78, 5) is 4.89. The van der Waals surface area contributed by atoms with Crippen molar-refractivity contribution in [3.63, 3.8) is 0 Å². The first-order chi connectivity index (χ1) is 21.2. The summed E-state index contributed by atoms with van der Waals surface area (Å²) in [6.07, 6.45) is 0.859. The number of para-hydroxylation sites is 3. The quantitative estimate of drug-likeness (QED) is 0.217. The SMILES string of the molecule is CCc1nc2ccccc2n1-c1cccc(-c2ccc3oc4ccc(-c5ccc6oc7ccccc7c6c5)cc4c3c2)c1. The molecule has 0 spiro atoms. The van der Waals surface area contributed by atoms with Crippen LogP contribution in [0.2, 0.25) is 0 Å². The summed E-state index contributed by atoms with van der Waals surface area (Å²) >= 11 is 0. The van der Waals surface area contributed by atoms with Crippen LogP contribution < -0.4 is 0 Å². The highest BCUT2D eigenvalue weighted by Gasteiger charge is 2.14. The van der Waals surface area contributed by atoms with Crippen LogP contribution in [0.3, 0.4) is 0 Å². The van der Waals surface area contributed by atoms with Crippen molar-refractivity contribution in [2.45, 2.75) is 13.3 Å². The van der Waals surface area contributed by atoms with Gasteiger partial charge in [0.05, 0.1) is 11.0 Å². The second-order valence-corrected chi connectivity index (χ2v) is 11.1. The number of hydrogen-bond acceptors (Lipinski definition) is 3. The van der Waals surface area contributed by atoms with E-state index in [0.29, 0.717) is 0 Å². The van der Waals surface area contributed by atoms with Gasteiger partial charge in [-0.15, -0.1) is 0 Å². The molecular formula is C39H26N2O2. The van der Waals surface area contributed by atoms with Gasteiger partial charge in [0, 0.05) is 33.7 Å². The summed E-state index contributed by atoms with van der Waals surface area (Å²) in [7, 11) is 0. The monoisotopic (exact) mass is 554 g/mol. The van der Waals surface area contributed by atoms with Crippen LogP contribution in [-0.4, -0.2) is 9.55 Å². The summed E-state index contributed by atoms with van der Waals surface area (Å²) in [6, 6.07) is 44.7. The summed E-state index contributed by atoms with van der Waals surface area (Å²) < 4.78 is 14.6. The van der Waals surface area contributed by atoms with Gasteiger partial charge in [-0.1, -0.05) is 67.6 Å². The van der Waals surface area contributed by atoms with E-state index in [1.54, 1.807) is 0 Å². The first-order valence-electron chi connectivity index (χ1n) is 14.7. The highest BCUT2D eigenvalue weighted by molar-refractivity contribution is 6.09. The molecule has 0 aliphatic heterocycles. The Morgan fingerprint density at radius 2 is 1.07 bits per heavy atom. The summed E-state index contributed by atoms with van der Waals surface area (Å²) in [5.74, 6) is 1.06. The van der Waals surface area contributed by atoms with E-state index in [-0.39, 0.29) is 0 Å². The fraction of sp³-hybridized carbons (Fsp3) is 0.0513. The van der Waals surface area contributed by atoms with Gasteiger partial charge in [0.2, 0.25) is 0 Å². The topological polar surface area (TPSA) is 44.1 Å². The summed E-state index contributed by atoms with van der Waals surface area (Å²) in [5.41, 5.74) is 11.5. The minimum atomic E-state index is 0.859. The average Bonchev–Trinajstić information content (AvgIpc) is 3.74. The Balaban J connectivity index is 1.16. The lowest BCUT2D eigenvalue weighted by atomic mass is 9.99. The molecule has 0 radical (unpaired) electrons. The number of aromatic nitrogens is 2. The van der Waals surface area contributed by atoms with Crippen molar-refractivity contribution in [3.05, 3.63) is 133 Å².